The minimum absolute atomic E-state index is 0.120. The predicted molar refractivity (Wildman–Crippen MR) is 89.6 cm³/mol. The maximum Gasteiger partial charge on any atom is 0.293 e. The van der Waals surface area contributed by atoms with E-state index in [1.807, 2.05) is 24.3 Å². The molecular weight excluding hydrogens is 348 g/mol. The Morgan fingerprint density at radius 3 is 2.55 bits per heavy atom. The SMILES string of the molecule is Cc1ccc(NC(=O)/C=C/c2ccc(Br)cc2)c([N+](=O)[O-])c1. The molecule has 1 N–H and O–H groups in total. The van der Waals surface area contributed by atoms with Crippen molar-refractivity contribution in [2.45, 2.75) is 6.92 Å². The van der Waals surface area contributed by atoms with Crippen molar-refractivity contribution in [3.8, 4) is 0 Å². The Hall–Kier alpha value is -2.47. The van der Waals surface area contributed by atoms with Gasteiger partial charge >= 0.3 is 0 Å². The van der Waals surface area contributed by atoms with Crippen LogP contribution in [0.25, 0.3) is 6.08 Å². The Kier molecular flexibility index (Phi) is 5.06. The van der Waals surface area contributed by atoms with Gasteiger partial charge in [0.1, 0.15) is 5.69 Å². The summed E-state index contributed by atoms with van der Waals surface area (Å²) in [5.74, 6) is -0.421. The molecule has 0 aliphatic rings. The van der Waals surface area contributed by atoms with Crippen molar-refractivity contribution < 1.29 is 9.72 Å². The number of anilines is 1. The van der Waals surface area contributed by atoms with Gasteiger partial charge in [-0.15, -0.1) is 0 Å². The van der Waals surface area contributed by atoms with Crippen LogP contribution >= 0.6 is 15.9 Å². The third-order valence-electron chi connectivity index (χ3n) is 2.90. The third-order valence-corrected chi connectivity index (χ3v) is 3.43. The smallest absolute Gasteiger partial charge is 0.293 e. The van der Waals surface area contributed by atoms with Gasteiger partial charge in [0.05, 0.1) is 4.92 Å². The number of carbonyl (C=O) groups is 1. The highest BCUT2D eigenvalue weighted by atomic mass is 79.9. The van der Waals surface area contributed by atoms with E-state index in [2.05, 4.69) is 21.2 Å². The summed E-state index contributed by atoms with van der Waals surface area (Å²) < 4.78 is 0.949. The fourth-order valence-corrected chi connectivity index (χ4v) is 2.08. The molecular formula is C16H13BrN2O3. The Balaban J connectivity index is 2.12. The molecule has 0 aromatic heterocycles. The lowest BCUT2D eigenvalue weighted by Gasteiger charge is -2.04. The largest absolute Gasteiger partial charge is 0.317 e. The van der Waals surface area contributed by atoms with Crippen LogP contribution in [0.2, 0.25) is 0 Å². The van der Waals surface area contributed by atoms with Crippen LogP contribution in [0.4, 0.5) is 11.4 Å². The van der Waals surface area contributed by atoms with Gasteiger partial charge < -0.3 is 5.32 Å². The molecule has 112 valence electrons. The number of amides is 1. The van der Waals surface area contributed by atoms with Gasteiger partial charge in [-0.05, 0) is 42.3 Å². The number of nitrogens with one attached hydrogen (secondary N) is 1. The first-order valence-corrected chi connectivity index (χ1v) is 7.24. The van der Waals surface area contributed by atoms with Crippen LogP contribution < -0.4 is 5.32 Å². The number of hydrogen-bond donors (Lipinski definition) is 1. The second-order valence-corrected chi connectivity index (χ2v) is 5.57. The van der Waals surface area contributed by atoms with Crippen molar-refractivity contribution in [3.05, 3.63) is 74.3 Å². The van der Waals surface area contributed by atoms with Crippen LogP contribution in [0, 0.1) is 17.0 Å². The number of nitrogens with zero attached hydrogens (tertiary/aromatic N) is 1. The zero-order valence-electron chi connectivity index (χ0n) is 11.7. The van der Waals surface area contributed by atoms with E-state index in [1.165, 1.54) is 18.2 Å². The summed E-state index contributed by atoms with van der Waals surface area (Å²) in [6.45, 7) is 1.76. The highest BCUT2D eigenvalue weighted by Gasteiger charge is 2.14. The topological polar surface area (TPSA) is 72.2 Å². The quantitative estimate of drug-likeness (QED) is 0.501. The number of nitro benzene ring substituents is 1. The monoisotopic (exact) mass is 360 g/mol. The lowest BCUT2D eigenvalue weighted by atomic mass is 10.2. The van der Waals surface area contributed by atoms with Gasteiger partial charge in [0, 0.05) is 16.6 Å². The van der Waals surface area contributed by atoms with E-state index in [-0.39, 0.29) is 11.4 Å². The van der Waals surface area contributed by atoms with Crippen molar-refractivity contribution in [1.29, 1.82) is 0 Å². The van der Waals surface area contributed by atoms with E-state index in [1.54, 1.807) is 19.1 Å². The van der Waals surface area contributed by atoms with Crippen molar-refractivity contribution in [2.24, 2.45) is 0 Å². The van der Waals surface area contributed by atoms with Crippen molar-refractivity contribution in [1.82, 2.24) is 0 Å². The Morgan fingerprint density at radius 1 is 1.23 bits per heavy atom. The number of aryl methyl sites for hydroxylation is 1. The zero-order chi connectivity index (χ0) is 16.1. The maximum atomic E-state index is 11.9. The molecule has 0 bridgehead atoms. The summed E-state index contributed by atoms with van der Waals surface area (Å²) in [6, 6.07) is 12.1. The number of rotatable bonds is 4. The van der Waals surface area contributed by atoms with Gasteiger partial charge in [-0.25, -0.2) is 0 Å². The van der Waals surface area contributed by atoms with Gasteiger partial charge in [0.15, 0.2) is 0 Å². The molecule has 0 unspecified atom stereocenters. The number of carbonyl (C=O) groups excluding carboxylic acids is 1. The lowest BCUT2D eigenvalue weighted by Crippen LogP contribution is -2.09. The summed E-state index contributed by atoms with van der Waals surface area (Å²) >= 11 is 3.33. The van der Waals surface area contributed by atoms with Crippen LogP contribution in [0.3, 0.4) is 0 Å². The summed E-state index contributed by atoms with van der Waals surface area (Å²) in [5, 5.41) is 13.5. The van der Waals surface area contributed by atoms with Crippen LogP contribution in [0.15, 0.2) is 53.0 Å². The molecule has 0 atom stereocenters. The summed E-state index contributed by atoms with van der Waals surface area (Å²) in [7, 11) is 0. The molecule has 0 saturated carbocycles. The Labute approximate surface area is 135 Å². The fourth-order valence-electron chi connectivity index (χ4n) is 1.82. The minimum atomic E-state index is -0.513. The molecule has 0 spiro atoms. The standard InChI is InChI=1S/C16H13BrN2O3/c1-11-2-8-14(15(10-11)19(21)22)18-16(20)9-5-12-3-6-13(17)7-4-12/h2-10H,1H3,(H,18,20)/b9-5+. The van der Waals surface area contributed by atoms with E-state index in [9.17, 15) is 14.9 Å². The van der Waals surface area contributed by atoms with Crippen molar-refractivity contribution in [2.75, 3.05) is 5.32 Å². The van der Waals surface area contributed by atoms with E-state index >= 15 is 0 Å². The van der Waals surface area contributed by atoms with E-state index in [0.717, 1.165) is 15.6 Å². The third kappa shape index (κ3) is 4.26. The molecule has 1 amide bonds. The number of nitro groups is 1. The maximum absolute atomic E-state index is 11.9. The minimum Gasteiger partial charge on any atom is -0.317 e. The Morgan fingerprint density at radius 2 is 1.91 bits per heavy atom. The molecule has 0 aliphatic heterocycles. The highest BCUT2D eigenvalue weighted by Crippen LogP contribution is 2.25. The molecule has 22 heavy (non-hydrogen) atoms. The molecule has 0 aliphatic carbocycles. The van der Waals surface area contributed by atoms with Crippen LogP contribution in [-0.2, 0) is 4.79 Å². The average molecular weight is 361 g/mol. The van der Waals surface area contributed by atoms with Gasteiger partial charge in [-0.1, -0.05) is 34.1 Å². The first-order valence-electron chi connectivity index (χ1n) is 6.45. The first-order chi connectivity index (χ1) is 10.5. The van der Waals surface area contributed by atoms with Crippen molar-refractivity contribution in [3.63, 3.8) is 0 Å². The summed E-state index contributed by atoms with van der Waals surface area (Å²) in [6.07, 6.45) is 2.98. The van der Waals surface area contributed by atoms with E-state index in [0.29, 0.717) is 0 Å². The van der Waals surface area contributed by atoms with Gasteiger partial charge in [-0.2, -0.15) is 0 Å². The molecule has 2 aromatic rings. The molecule has 2 rings (SSSR count). The van der Waals surface area contributed by atoms with E-state index in [4.69, 9.17) is 0 Å². The highest BCUT2D eigenvalue weighted by molar-refractivity contribution is 9.10. The second kappa shape index (κ2) is 7.00. The van der Waals surface area contributed by atoms with Crippen LogP contribution in [0.5, 0.6) is 0 Å². The molecule has 2 aromatic carbocycles. The second-order valence-electron chi connectivity index (χ2n) is 4.65. The molecule has 0 fully saturated rings. The fraction of sp³-hybridized carbons (Fsp3) is 0.0625. The Bertz CT molecular complexity index is 740. The molecule has 0 saturated heterocycles. The molecule has 5 nitrogen and oxygen atoms in total. The first kappa shape index (κ1) is 15.9. The van der Waals surface area contributed by atoms with Gasteiger partial charge in [-0.3, -0.25) is 14.9 Å². The lowest BCUT2D eigenvalue weighted by molar-refractivity contribution is -0.384. The van der Waals surface area contributed by atoms with E-state index < -0.39 is 10.8 Å². The average Bonchev–Trinajstić information content (AvgIpc) is 2.48. The van der Waals surface area contributed by atoms with Crippen LogP contribution in [-0.4, -0.2) is 10.8 Å². The van der Waals surface area contributed by atoms with Crippen molar-refractivity contribution >= 4 is 39.3 Å². The van der Waals surface area contributed by atoms with Gasteiger partial charge in [0.2, 0.25) is 5.91 Å². The summed E-state index contributed by atoms with van der Waals surface area (Å²) in [4.78, 5) is 22.4. The van der Waals surface area contributed by atoms with Crippen LogP contribution in [0.1, 0.15) is 11.1 Å². The molecule has 0 heterocycles. The summed E-state index contributed by atoms with van der Waals surface area (Å²) in [5.41, 5.74) is 1.68. The number of halogens is 1. The zero-order valence-corrected chi connectivity index (χ0v) is 13.3. The molecule has 0 radical (unpaired) electrons. The van der Waals surface area contributed by atoms with Gasteiger partial charge in [0.25, 0.3) is 5.69 Å². The normalized spacial score (nSPS) is 10.6. The number of hydrogen-bond acceptors (Lipinski definition) is 3. The molecule has 6 heteroatoms. The number of benzene rings is 2. The predicted octanol–water partition coefficient (Wildman–Crippen LogP) is 4.32.